The Hall–Kier alpha value is -0.430. The average Bonchev–Trinajstić information content (AvgIpc) is 2.72. The molecule has 0 amide bonds. The smallest absolute Gasteiger partial charge is 0.250 e. The molecule has 1 rings (SSSR count). The van der Waals surface area contributed by atoms with Gasteiger partial charge in [0.2, 0.25) is 10.0 Å². The van der Waals surface area contributed by atoms with Crippen LogP contribution < -0.4 is 10.0 Å². The van der Waals surface area contributed by atoms with E-state index in [4.69, 9.17) is 0 Å². The standard InChI is InChI=1S/C14H26N2O2S2/c1-5-6-7-8-12(3)16-20(17,18)14-9-11(2)13(19-14)10-15-4/h9,12,15-16H,5-8,10H2,1-4H3. The van der Waals surface area contributed by atoms with Gasteiger partial charge in [0.1, 0.15) is 4.21 Å². The van der Waals surface area contributed by atoms with Crippen LogP contribution in [0.3, 0.4) is 0 Å². The first-order valence-electron chi connectivity index (χ1n) is 7.17. The first kappa shape index (κ1) is 17.6. The molecule has 0 saturated heterocycles. The second kappa shape index (κ2) is 8.12. The molecule has 6 heteroatoms. The monoisotopic (exact) mass is 318 g/mol. The predicted octanol–water partition coefficient (Wildman–Crippen LogP) is 3.02. The molecular formula is C14H26N2O2S2. The van der Waals surface area contributed by atoms with Crippen molar-refractivity contribution in [2.24, 2.45) is 0 Å². The second-order valence-electron chi connectivity index (χ2n) is 5.22. The van der Waals surface area contributed by atoms with Gasteiger partial charge in [0.25, 0.3) is 0 Å². The molecule has 1 aromatic rings. The lowest BCUT2D eigenvalue weighted by atomic mass is 10.1. The lowest BCUT2D eigenvalue weighted by Crippen LogP contribution is -2.32. The molecule has 0 fully saturated rings. The number of aryl methyl sites for hydroxylation is 1. The highest BCUT2D eigenvalue weighted by Crippen LogP contribution is 2.26. The zero-order valence-electron chi connectivity index (χ0n) is 12.8. The third kappa shape index (κ3) is 5.16. The number of sulfonamides is 1. The van der Waals surface area contributed by atoms with Gasteiger partial charge in [-0.15, -0.1) is 11.3 Å². The van der Waals surface area contributed by atoms with E-state index in [9.17, 15) is 8.42 Å². The summed E-state index contributed by atoms with van der Waals surface area (Å²) in [6, 6.07) is 1.75. The Bertz CT molecular complexity index is 509. The first-order chi connectivity index (χ1) is 9.40. The average molecular weight is 319 g/mol. The highest BCUT2D eigenvalue weighted by molar-refractivity contribution is 7.91. The molecule has 0 aliphatic carbocycles. The summed E-state index contributed by atoms with van der Waals surface area (Å²) >= 11 is 1.35. The van der Waals surface area contributed by atoms with Crippen molar-refractivity contribution in [3.63, 3.8) is 0 Å². The molecule has 1 atom stereocenters. The summed E-state index contributed by atoms with van der Waals surface area (Å²) in [5, 5.41) is 3.06. The summed E-state index contributed by atoms with van der Waals surface area (Å²) in [6.45, 7) is 6.74. The topological polar surface area (TPSA) is 58.2 Å². The number of hydrogen-bond acceptors (Lipinski definition) is 4. The van der Waals surface area contributed by atoms with E-state index in [-0.39, 0.29) is 6.04 Å². The fraction of sp³-hybridized carbons (Fsp3) is 0.714. The molecule has 0 radical (unpaired) electrons. The lowest BCUT2D eigenvalue weighted by molar-refractivity contribution is 0.528. The lowest BCUT2D eigenvalue weighted by Gasteiger charge is -2.12. The zero-order chi connectivity index (χ0) is 15.2. The minimum Gasteiger partial charge on any atom is -0.315 e. The Morgan fingerprint density at radius 3 is 2.65 bits per heavy atom. The molecule has 1 heterocycles. The maximum Gasteiger partial charge on any atom is 0.250 e. The van der Waals surface area contributed by atoms with Crippen molar-refractivity contribution in [2.75, 3.05) is 7.05 Å². The van der Waals surface area contributed by atoms with Gasteiger partial charge in [0, 0.05) is 17.5 Å². The zero-order valence-corrected chi connectivity index (χ0v) is 14.5. The van der Waals surface area contributed by atoms with Crippen LogP contribution in [-0.4, -0.2) is 21.5 Å². The molecule has 0 aromatic carbocycles. The van der Waals surface area contributed by atoms with Crippen LogP contribution >= 0.6 is 11.3 Å². The summed E-state index contributed by atoms with van der Waals surface area (Å²) < 4.78 is 27.8. The van der Waals surface area contributed by atoms with E-state index in [0.29, 0.717) is 10.8 Å². The van der Waals surface area contributed by atoms with Crippen LogP contribution in [0.5, 0.6) is 0 Å². The van der Waals surface area contributed by atoms with Gasteiger partial charge in [-0.1, -0.05) is 26.2 Å². The fourth-order valence-electron chi connectivity index (χ4n) is 2.04. The number of unbranched alkanes of at least 4 members (excludes halogenated alkanes) is 2. The molecule has 4 nitrogen and oxygen atoms in total. The van der Waals surface area contributed by atoms with E-state index in [1.165, 1.54) is 11.3 Å². The van der Waals surface area contributed by atoms with E-state index >= 15 is 0 Å². The van der Waals surface area contributed by atoms with E-state index in [1.807, 2.05) is 20.9 Å². The second-order valence-corrected chi connectivity index (χ2v) is 8.30. The summed E-state index contributed by atoms with van der Waals surface area (Å²) in [5.41, 5.74) is 1.03. The number of nitrogens with one attached hydrogen (secondary N) is 2. The SMILES string of the molecule is CCCCCC(C)NS(=O)(=O)c1cc(C)c(CNC)s1. The number of hydrogen-bond donors (Lipinski definition) is 2. The van der Waals surface area contributed by atoms with Crippen LogP contribution in [0.1, 0.15) is 50.0 Å². The Balaban J connectivity index is 2.70. The fourth-order valence-corrected chi connectivity index (χ4v) is 4.94. The van der Waals surface area contributed by atoms with Crippen molar-refractivity contribution < 1.29 is 8.42 Å². The van der Waals surface area contributed by atoms with Crippen molar-refractivity contribution in [1.29, 1.82) is 0 Å². The van der Waals surface area contributed by atoms with Crippen LogP contribution in [-0.2, 0) is 16.6 Å². The molecule has 20 heavy (non-hydrogen) atoms. The minimum absolute atomic E-state index is 0.0123. The van der Waals surface area contributed by atoms with Gasteiger partial charge in [0.05, 0.1) is 0 Å². The third-order valence-corrected chi connectivity index (χ3v) is 6.50. The Labute approximate surface area is 127 Å². The molecule has 0 aliphatic rings. The van der Waals surface area contributed by atoms with Crippen molar-refractivity contribution in [3.05, 3.63) is 16.5 Å². The van der Waals surface area contributed by atoms with Gasteiger partial charge in [-0.05, 0) is 38.9 Å². The Kier molecular flexibility index (Phi) is 7.15. The van der Waals surface area contributed by atoms with Crippen molar-refractivity contribution in [3.8, 4) is 0 Å². The summed E-state index contributed by atoms with van der Waals surface area (Å²) in [4.78, 5) is 1.08. The van der Waals surface area contributed by atoms with Crippen molar-refractivity contribution in [1.82, 2.24) is 10.0 Å². The molecular weight excluding hydrogens is 292 g/mol. The Morgan fingerprint density at radius 1 is 1.35 bits per heavy atom. The quantitative estimate of drug-likeness (QED) is 0.688. The third-order valence-electron chi connectivity index (χ3n) is 3.20. The molecule has 0 spiro atoms. The molecule has 2 N–H and O–H groups in total. The minimum atomic E-state index is -3.38. The van der Waals surface area contributed by atoms with Gasteiger partial charge in [-0.3, -0.25) is 0 Å². The number of rotatable bonds is 9. The number of thiophene rings is 1. The summed E-state index contributed by atoms with van der Waals surface area (Å²) in [6.07, 6.45) is 4.25. The van der Waals surface area contributed by atoms with E-state index < -0.39 is 10.0 Å². The van der Waals surface area contributed by atoms with E-state index in [0.717, 1.165) is 36.1 Å². The van der Waals surface area contributed by atoms with Crippen molar-refractivity contribution >= 4 is 21.4 Å². The van der Waals surface area contributed by atoms with Gasteiger partial charge in [-0.25, -0.2) is 13.1 Å². The van der Waals surface area contributed by atoms with E-state index in [2.05, 4.69) is 17.0 Å². The van der Waals surface area contributed by atoms with Crippen LogP contribution in [0.15, 0.2) is 10.3 Å². The van der Waals surface area contributed by atoms with Crippen molar-refractivity contribution in [2.45, 2.75) is 63.3 Å². The highest BCUT2D eigenvalue weighted by atomic mass is 32.2. The molecule has 116 valence electrons. The summed E-state index contributed by atoms with van der Waals surface area (Å²) in [7, 11) is -1.51. The maximum absolute atomic E-state index is 12.3. The molecule has 0 saturated carbocycles. The molecule has 0 aliphatic heterocycles. The van der Waals surface area contributed by atoms with Gasteiger partial charge >= 0.3 is 0 Å². The molecule has 0 bridgehead atoms. The van der Waals surface area contributed by atoms with Crippen LogP contribution in [0, 0.1) is 6.92 Å². The first-order valence-corrected chi connectivity index (χ1v) is 9.47. The van der Waals surface area contributed by atoms with Crippen LogP contribution in [0.4, 0.5) is 0 Å². The van der Waals surface area contributed by atoms with Gasteiger partial charge in [-0.2, -0.15) is 0 Å². The van der Waals surface area contributed by atoms with Crippen LogP contribution in [0.25, 0.3) is 0 Å². The van der Waals surface area contributed by atoms with E-state index in [1.54, 1.807) is 6.07 Å². The summed E-state index contributed by atoms with van der Waals surface area (Å²) in [5.74, 6) is 0. The largest absolute Gasteiger partial charge is 0.315 e. The van der Waals surface area contributed by atoms with Gasteiger partial charge < -0.3 is 5.32 Å². The molecule has 1 aromatic heterocycles. The predicted molar refractivity (Wildman–Crippen MR) is 85.7 cm³/mol. The Morgan fingerprint density at radius 2 is 2.05 bits per heavy atom. The maximum atomic E-state index is 12.3. The normalized spacial score (nSPS) is 13.6. The van der Waals surface area contributed by atoms with Gasteiger partial charge in [0.15, 0.2) is 0 Å². The van der Waals surface area contributed by atoms with Crippen LogP contribution in [0.2, 0.25) is 0 Å². The highest BCUT2D eigenvalue weighted by Gasteiger charge is 2.20. The molecule has 1 unspecified atom stereocenters.